The smallest absolute Gasteiger partial charge is 0.196 e. The summed E-state index contributed by atoms with van der Waals surface area (Å²) in [6, 6.07) is 33.9. The lowest BCUT2D eigenvalue weighted by Gasteiger charge is -2.37. The molecule has 0 saturated carbocycles. The average molecular weight is 1110 g/mol. The molecule has 0 bridgehead atoms. The minimum absolute atomic E-state index is 0.177. The molecule has 6 aromatic carbocycles. The number of nitrogens with zero attached hydrogens (tertiary/aromatic N) is 5. The van der Waals surface area contributed by atoms with Gasteiger partial charge >= 0.3 is 0 Å². The van der Waals surface area contributed by atoms with Gasteiger partial charge in [-0.05, 0) is 148 Å². The van der Waals surface area contributed by atoms with Crippen LogP contribution < -0.4 is 36.0 Å². The van der Waals surface area contributed by atoms with Crippen LogP contribution in [0.1, 0.15) is 146 Å². The molecule has 0 fully saturated rings. The van der Waals surface area contributed by atoms with Crippen molar-refractivity contribution in [2.75, 3.05) is 124 Å². The van der Waals surface area contributed by atoms with Crippen LogP contribution in [0.25, 0.3) is 11.1 Å². The topological polar surface area (TPSA) is 151 Å². The van der Waals surface area contributed by atoms with Gasteiger partial charge in [0.2, 0.25) is 0 Å². The van der Waals surface area contributed by atoms with Gasteiger partial charge in [-0.1, -0.05) is 95.3 Å². The van der Waals surface area contributed by atoms with Crippen molar-refractivity contribution in [1.82, 2.24) is 19.6 Å². The van der Waals surface area contributed by atoms with Gasteiger partial charge in [-0.25, -0.2) is 0 Å². The fourth-order valence-electron chi connectivity index (χ4n) is 11.4. The number of nitrogens with one attached hydrogen (secondary N) is 5. The van der Waals surface area contributed by atoms with Crippen molar-refractivity contribution in [3.05, 3.63) is 154 Å². The van der Waals surface area contributed by atoms with Crippen molar-refractivity contribution in [3.63, 3.8) is 0 Å². The van der Waals surface area contributed by atoms with Crippen LogP contribution in [0.5, 0.6) is 0 Å². The number of fused-ring (bicyclic) bond motifs is 4. The van der Waals surface area contributed by atoms with E-state index < -0.39 is 0 Å². The van der Waals surface area contributed by atoms with Crippen LogP contribution in [0.3, 0.4) is 0 Å². The molecule has 14 nitrogen and oxygen atoms in total. The Hall–Kier alpha value is -7.49. The third-order valence-electron chi connectivity index (χ3n) is 16.4. The number of hydrogen-bond acceptors (Lipinski definition) is 13. The van der Waals surface area contributed by atoms with E-state index in [1.165, 1.54) is 0 Å². The molecule has 14 heteroatoms. The Bertz CT molecular complexity index is 3170. The first-order valence-electron chi connectivity index (χ1n) is 30.1. The molecule has 8 rings (SSSR count). The number of aliphatic imine (C=N–C) groups is 1. The monoisotopic (exact) mass is 1110 g/mol. The van der Waals surface area contributed by atoms with Gasteiger partial charge in [-0.3, -0.25) is 29.0 Å². The van der Waals surface area contributed by atoms with Crippen molar-refractivity contribution in [2.45, 2.75) is 82.1 Å². The van der Waals surface area contributed by atoms with Gasteiger partial charge in [0.1, 0.15) is 12.4 Å². The molecule has 2 aliphatic rings. The van der Waals surface area contributed by atoms with Gasteiger partial charge in [-0.15, -0.1) is 0 Å². The second kappa shape index (κ2) is 29.5. The summed E-state index contributed by atoms with van der Waals surface area (Å²) in [5.74, 6) is -1.28. The van der Waals surface area contributed by atoms with Crippen LogP contribution in [0, 0.1) is 0 Å². The molecule has 6 aromatic rings. The van der Waals surface area contributed by atoms with Crippen LogP contribution in [-0.2, 0) is 0 Å². The molecule has 0 atom stereocenters. The standard InChI is InChI=1S/C65H81N9O4.C3H7N/c1-10-66-43-74(17-8,18-9)49-41-47(40-48(42-49)73(15-6)16-7)70-57-32-30-51(59-61(57)65(78)55-28-22-20-26-53(55)63(59)76)50-29-31-56(60-58(50)62(75)52-25-19-21-27-54(52)64(60)77)69-46-38-44(67-33-23-35-71(11-2)12-3)37-45(39-46)68-34-24-36-72(13-4)14-5;1-3-4-2/h19-22,25-32,37-42,66-68H,10-18,23-24,33-36,43H2,1-9H3,(H-,69,70,75,76,77,78);2-3H2,1H3/p+1. The van der Waals surface area contributed by atoms with Crippen LogP contribution in [0.4, 0.5) is 45.5 Å². The number of benzene rings is 6. The number of rotatable bonds is 29. The fourth-order valence-corrected chi connectivity index (χ4v) is 11.4. The van der Waals surface area contributed by atoms with Gasteiger partial charge in [0.05, 0.1) is 35.6 Å². The van der Waals surface area contributed by atoms with Crippen molar-refractivity contribution in [3.8, 4) is 11.1 Å². The summed E-state index contributed by atoms with van der Waals surface area (Å²) in [6.45, 7) is 38.1. The van der Waals surface area contributed by atoms with E-state index in [1.54, 1.807) is 48.5 Å². The first-order chi connectivity index (χ1) is 39.8. The molecule has 0 unspecified atom stereocenters. The first kappa shape index (κ1) is 62.1. The summed E-state index contributed by atoms with van der Waals surface area (Å²) in [6.07, 6.45) is 1.94. The maximum atomic E-state index is 15.3. The molecule has 0 amide bonds. The lowest BCUT2D eigenvalue weighted by atomic mass is 9.75. The minimum Gasteiger partial charge on any atom is -0.385 e. The van der Waals surface area contributed by atoms with Gasteiger partial charge < -0.3 is 41.0 Å². The highest BCUT2D eigenvalue weighted by molar-refractivity contribution is 6.35. The van der Waals surface area contributed by atoms with Gasteiger partial charge in [0.15, 0.2) is 23.1 Å². The van der Waals surface area contributed by atoms with E-state index in [-0.39, 0.29) is 56.5 Å². The molecule has 0 radical (unpaired) electrons. The van der Waals surface area contributed by atoms with Crippen LogP contribution >= 0.6 is 0 Å². The van der Waals surface area contributed by atoms with E-state index in [9.17, 15) is 0 Å². The molecule has 0 aromatic heterocycles. The van der Waals surface area contributed by atoms with Crippen LogP contribution in [0.2, 0.25) is 0 Å². The first-order valence-corrected chi connectivity index (χ1v) is 30.1. The lowest BCUT2D eigenvalue weighted by molar-refractivity contribution is 0.0978. The van der Waals surface area contributed by atoms with Gasteiger partial charge in [0.25, 0.3) is 0 Å². The molecular weight excluding hydrogens is 1020 g/mol. The zero-order chi connectivity index (χ0) is 58.9. The number of quaternary nitrogens is 1. The number of anilines is 7. The quantitative estimate of drug-likeness (QED) is 0.0131. The Morgan fingerprint density at radius 1 is 0.463 bits per heavy atom. The van der Waals surface area contributed by atoms with Crippen molar-refractivity contribution in [2.24, 2.45) is 4.99 Å². The molecule has 0 aliphatic heterocycles. The average Bonchev–Trinajstić information content (AvgIpc) is 3.65. The molecule has 434 valence electrons. The molecule has 82 heavy (non-hydrogen) atoms. The van der Waals surface area contributed by atoms with Crippen molar-refractivity contribution in [1.29, 1.82) is 0 Å². The Kier molecular flexibility index (Phi) is 22.3. The Morgan fingerprint density at radius 3 is 1.24 bits per heavy atom. The Morgan fingerprint density at radius 2 is 0.866 bits per heavy atom. The lowest BCUT2D eigenvalue weighted by Crippen LogP contribution is -2.54. The van der Waals surface area contributed by atoms with Crippen molar-refractivity contribution >= 4 is 75.3 Å². The van der Waals surface area contributed by atoms with Gasteiger partial charge in [-0.2, -0.15) is 0 Å². The van der Waals surface area contributed by atoms with Crippen LogP contribution in [-0.4, -0.2) is 138 Å². The predicted octanol–water partition coefficient (Wildman–Crippen LogP) is 13.1. The van der Waals surface area contributed by atoms with E-state index in [2.05, 4.69) is 140 Å². The summed E-state index contributed by atoms with van der Waals surface area (Å²) < 4.78 is 0.695. The maximum Gasteiger partial charge on any atom is 0.196 e. The third kappa shape index (κ3) is 13.7. The summed E-state index contributed by atoms with van der Waals surface area (Å²) in [4.78, 5) is 71.4. The molecule has 2 aliphatic carbocycles. The van der Waals surface area contributed by atoms with Crippen LogP contribution in [0.15, 0.2) is 114 Å². The second-order valence-electron chi connectivity index (χ2n) is 20.9. The van der Waals surface area contributed by atoms with Crippen molar-refractivity contribution < 1.29 is 19.2 Å². The molecule has 0 heterocycles. The van der Waals surface area contributed by atoms with E-state index in [0.29, 0.717) is 38.1 Å². The van der Waals surface area contributed by atoms with Gasteiger partial charge in [0, 0.05) is 107 Å². The summed E-state index contributed by atoms with van der Waals surface area (Å²) in [5.41, 5.74) is 9.24. The Labute approximate surface area is 488 Å². The number of carbonyl (C=O) groups excluding carboxylic acids is 4. The fraction of sp³-hybridized carbons (Fsp3) is 0.397. The minimum atomic E-state index is -0.337. The van der Waals surface area contributed by atoms with E-state index >= 15 is 19.2 Å². The molecule has 0 saturated heterocycles. The molecular formula is C68H89N10O4+. The van der Waals surface area contributed by atoms with E-state index in [1.807, 2.05) is 43.3 Å². The highest BCUT2D eigenvalue weighted by Crippen LogP contribution is 2.45. The molecule has 0 spiro atoms. The highest BCUT2D eigenvalue weighted by Gasteiger charge is 2.39. The maximum absolute atomic E-state index is 15.3. The SMILES string of the molecule is C=NCC.CCNC[N+](CC)(CC)c1cc(Nc2ccc(-c3ccc(Nc4cc(NCCCN(CC)CC)cc(NCCCN(CC)CC)c4)c4c3C(=O)c3ccccc3C4=O)c3c2C(=O)c2ccccc2C3=O)cc(N(CC)CC)c1. The number of ketones is 4. The second-order valence-corrected chi connectivity index (χ2v) is 20.9. The zero-order valence-corrected chi connectivity index (χ0v) is 50.5. The number of carbonyl (C=O) groups is 4. The summed E-state index contributed by atoms with van der Waals surface area (Å²) in [7, 11) is 0. The third-order valence-corrected chi connectivity index (χ3v) is 16.4. The largest absolute Gasteiger partial charge is 0.385 e. The summed E-state index contributed by atoms with van der Waals surface area (Å²) in [5, 5.41) is 18.2. The normalized spacial score (nSPS) is 12.5. The number of hydrogen-bond donors (Lipinski definition) is 5. The zero-order valence-electron chi connectivity index (χ0n) is 50.5. The predicted molar refractivity (Wildman–Crippen MR) is 345 cm³/mol. The van der Waals surface area contributed by atoms with E-state index in [4.69, 9.17) is 0 Å². The Balaban J connectivity index is 0.00000234. The molecule has 5 N–H and O–H groups in total. The van der Waals surface area contributed by atoms with E-state index in [0.717, 1.165) is 145 Å². The highest BCUT2D eigenvalue weighted by atomic mass is 16.1. The summed E-state index contributed by atoms with van der Waals surface area (Å²) >= 11 is 0.